The van der Waals surface area contributed by atoms with Crippen LogP contribution in [-0.4, -0.2) is 23.7 Å². The molecule has 0 saturated heterocycles. The summed E-state index contributed by atoms with van der Waals surface area (Å²) in [7, 11) is -4.13. The molecule has 0 aliphatic carbocycles. The molecule has 1 atom stereocenters. The van der Waals surface area contributed by atoms with Crippen LogP contribution in [0.5, 0.6) is 0 Å². The van der Waals surface area contributed by atoms with Gasteiger partial charge in [0.1, 0.15) is 0 Å². The lowest BCUT2D eigenvalue weighted by Gasteiger charge is -2.33. The van der Waals surface area contributed by atoms with E-state index in [0.29, 0.717) is 6.61 Å². The first-order chi connectivity index (χ1) is 6.89. The van der Waals surface area contributed by atoms with Crippen LogP contribution in [0.1, 0.15) is 20.3 Å². The van der Waals surface area contributed by atoms with Crippen molar-refractivity contribution in [1.29, 1.82) is 0 Å². The number of hydrogen-bond acceptors (Lipinski definition) is 3. The molecule has 0 rings (SSSR count). The topological polar surface area (TPSA) is 27.7 Å². The molecule has 15 heavy (non-hydrogen) atoms. The highest BCUT2D eigenvalue weighted by atomic mass is 28.5. The van der Waals surface area contributed by atoms with Gasteiger partial charge >= 0.3 is 8.80 Å². The third-order valence-electron chi connectivity index (χ3n) is 1.65. The van der Waals surface area contributed by atoms with Gasteiger partial charge in [-0.15, -0.1) is 0 Å². The van der Waals surface area contributed by atoms with E-state index >= 15 is 0 Å². The summed E-state index contributed by atoms with van der Waals surface area (Å²) in [5.74, 6) is 0. The molecular weight excluding hydrogens is 224 g/mol. The summed E-state index contributed by atoms with van der Waals surface area (Å²) < 4.78 is 17.4. The molecule has 0 radical (unpaired) electrons. The van der Waals surface area contributed by atoms with E-state index < -0.39 is 17.1 Å². The Balaban J connectivity index is 4.67. The van der Waals surface area contributed by atoms with Crippen molar-refractivity contribution in [3.63, 3.8) is 0 Å². The van der Waals surface area contributed by atoms with Gasteiger partial charge in [0.25, 0.3) is 0 Å². The first-order valence-corrected chi connectivity index (χ1v) is 10.9. The molecule has 0 heterocycles. The lowest BCUT2D eigenvalue weighted by Crippen LogP contribution is -2.51. The van der Waals surface area contributed by atoms with Crippen LogP contribution < -0.4 is 0 Å². The van der Waals surface area contributed by atoms with E-state index in [2.05, 4.69) is 33.1 Å². The molecule has 90 valence electrons. The van der Waals surface area contributed by atoms with Gasteiger partial charge in [-0.05, 0) is 26.6 Å². The molecule has 0 aliphatic rings. The highest BCUT2D eigenvalue weighted by Gasteiger charge is 2.44. The van der Waals surface area contributed by atoms with E-state index in [1.165, 1.54) is 6.26 Å². The molecule has 0 saturated carbocycles. The minimum atomic E-state index is -2.49. The van der Waals surface area contributed by atoms with Gasteiger partial charge in [-0.1, -0.05) is 19.9 Å². The highest BCUT2D eigenvalue weighted by Crippen LogP contribution is 2.22. The van der Waals surface area contributed by atoms with Crippen LogP contribution in [0.3, 0.4) is 0 Å². The predicted molar refractivity (Wildman–Crippen MR) is 68.2 cm³/mol. The van der Waals surface area contributed by atoms with Crippen LogP contribution in [0, 0.1) is 0 Å². The van der Waals surface area contributed by atoms with Gasteiger partial charge in [-0.2, -0.15) is 0 Å². The standard InChI is InChI=1S/C10H24O3Si2/c1-7-10-15(11-8-2,12-9-3)13-14(4,5)6/h8H,2,7,9-10H2,1,3-6H3. The maximum Gasteiger partial charge on any atom is 0.555 e. The Hall–Kier alpha value is -0.106. The highest BCUT2D eigenvalue weighted by molar-refractivity contribution is 6.80. The summed E-state index contributed by atoms with van der Waals surface area (Å²) in [6, 6.07) is 0.858. The molecule has 0 fully saturated rings. The maximum atomic E-state index is 6.11. The molecule has 0 aliphatic heterocycles. The van der Waals surface area contributed by atoms with Crippen molar-refractivity contribution in [3.8, 4) is 0 Å². The lowest BCUT2D eigenvalue weighted by atomic mass is 10.6. The van der Waals surface area contributed by atoms with Crippen LogP contribution in [0.2, 0.25) is 25.7 Å². The van der Waals surface area contributed by atoms with Crippen LogP contribution in [-0.2, 0) is 13.0 Å². The van der Waals surface area contributed by atoms with E-state index in [1.54, 1.807) is 0 Å². The molecule has 0 bridgehead atoms. The lowest BCUT2D eigenvalue weighted by molar-refractivity contribution is 0.151. The Morgan fingerprint density at radius 2 is 1.80 bits per heavy atom. The zero-order valence-electron chi connectivity index (χ0n) is 10.6. The van der Waals surface area contributed by atoms with Crippen LogP contribution in [0.15, 0.2) is 12.8 Å². The Kier molecular flexibility index (Phi) is 6.42. The molecule has 3 nitrogen and oxygen atoms in total. The second-order valence-electron chi connectivity index (χ2n) is 4.36. The first kappa shape index (κ1) is 14.9. The summed E-state index contributed by atoms with van der Waals surface area (Å²) in [6.45, 7) is 14.8. The molecule has 0 spiro atoms. The van der Waals surface area contributed by atoms with Crippen molar-refractivity contribution in [2.24, 2.45) is 0 Å². The quantitative estimate of drug-likeness (QED) is 0.487. The molecule has 0 aromatic rings. The molecule has 0 aromatic heterocycles. The molecule has 0 amide bonds. The number of rotatable bonds is 8. The minimum Gasteiger partial charge on any atom is -0.508 e. The van der Waals surface area contributed by atoms with Gasteiger partial charge in [0.05, 0.1) is 6.26 Å². The molecule has 1 unspecified atom stereocenters. The zero-order valence-corrected chi connectivity index (χ0v) is 12.6. The Morgan fingerprint density at radius 3 is 2.13 bits per heavy atom. The minimum absolute atomic E-state index is 0.630. The Morgan fingerprint density at radius 1 is 1.20 bits per heavy atom. The number of hydrogen-bond donors (Lipinski definition) is 0. The summed E-state index contributed by atoms with van der Waals surface area (Å²) in [5.41, 5.74) is 0. The van der Waals surface area contributed by atoms with Crippen molar-refractivity contribution in [2.45, 2.75) is 46.0 Å². The van der Waals surface area contributed by atoms with E-state index in [4.69, 9.17) is 13.0 Å². The summed E-state index contributed by atoms with van der Waals surface area (Å²) in [6.07, 6.45) is 2.46. The normalized spacial score (nSPS) is 15.8. The Bertz CT molecular complexity index is 184. The van der Waals surface area contributed by atoms with E-state index in [9.17, 15) is 0 Å². The summed E-state index contributed by atoms with van der Waals surface area (Å²) in [4.78, 5) is 0. The fourth-order valence-corrected chi connectivity index (χ4v) is 7.59. The van der Waals surface area contributed by atoms with Crippen LogP contribution in [0.25, 0.3) is 0 Å². The van der Waals surface area contributed by atoms with Gasteiger partial charge in [-0.25, -0.2) is 0 Å². The van der Waals surface area contributed by atoms with Crippen LogP contribution in [0.4, 0.5) is 0 Å². The fraction of sp³-hybridized carbons (Fsp3) is 0.800. The van der Waals surface area contributed by atoms with Crippen molar-refractivity contribution in [3.05, 3.63) is 12.8 Å². The predicted octanol–water partition coefficient (Wildman–Crippen LogP) is 3.38. The molecular formula is C10H24O3Si2. The van der Waals surface area contributed by atoms with Gasteiger partial charge in [0.15, 0.2) is 8.32 Å². The maximum absolute atomic E-state index is 6.11. The second-order valence-corrected chi connectivity index (χ2v) is 11.8. The largest absolute Gasteiger partial charge is 0.555 e. The Labute approximate surface area is 95.9 Å². The van der Waals surface area contributed by atoms with E-state index in [0.717, 1.165) is 12.5 Å². The van der Waals surface area contributed by atoms with Crippen LogP contribution >= 0.6 is 0 Å². The third-order valence-corrected chi connectivity index (χ3v) is 7.71. The zero-order chi connectivity index (χ0) is 11.9. The van der Waals surface area contributed by atoms with Crippen molar-refractivity contribution in [1.82, 2.24) is 0 Å². The van der Waals surface area contributed by atoms with Gasteiger partial charge in [0, 0.05) is 12.7 Å². The fourth-order valence-electron chi connectivity index (χ4n) is 1.39. The van der Waals surface area contributed by atoms with E-state index in [-0.39, 0.29) is 0 Å². The first-order valence-electron chi connectivity index (χ1n) is 5.52. The monoisotopic (exact) mass is 248 g/mol. The van der Waals surface area contributed by atoms with Gasteiger partial charge < -0.3 is 13.0 Å². The average Bonchev–Trinajstić information content (AvgIpc) is 2.01. The van der Waals surface area contributed by atoms with E-state index in [1.807, 2.05) is 6.92 Å². The molecule has 0 aromatic carbocycles. The summed E-state index contributed by atoms with van der Waals surface area (Å²) in [5, 5.41) is 0. The smallest absolute Gasteiger partial charge is 0.508 e. The third kappa shape index (κ3) is 6.14. The van der Waals surface area contributed by atoms with Gasteiger partial charge in [0.2, 0.25) is 0 Å². The van der Waals surface area contributed by atoms with Crippen molar-refractivity contribution in [2.75, 3.05) is 6.61 Å². The van der Waals surface area contributed by atoms with Gasteiger partial charge in [-0.3, -0.25) is 0 Å². The van der Waals surface area contributed by atoms with Crippen molar-refractivity contribution < 1.29 is 13.0 Å². The second kappa shape index (κ2) is 6.47. The molecule has 0 N–H and O–H groups in total. The summed E-state index contributed by atoms with van der Waals surface area (Å²) >= 11 is 0. The van der Waals surface area contributed by atoms with Crippen molar-refractivity contribution >= 4 is 17.1 Å². The SMILES string of the molecule is C=CO[Si](CCC)(OCC)O[Si](C)(C)C. The average molecular weight is 248 g/mol. The molecule has 5 heteroatoms.